The first-order valence-corrected chi connectivity index (χ1v) is 9.76. The minimum Gasteiger partial charge on any atom is -0.494 e. The zero-order chi connectivity index (χ0) is 14.8. The topological polar surface area (TPSA) is 9.23 Å². The van der Waals surface area contributed by atoms with E-state index in [0.717, 1.165) is 6.61 Å². The SMILES string of the molecule is CCCCCCC[O][Al]([c]1ccccc1)[c]1ccccc1. The summed E-state index contributed by atoms with van der Waals surface area (Å²) < 4.78 is 9.08. The van der Waals surface area contributed by atoms with E-state index in [0.29, 0.717) is 0 Å². The van der Waals surface area contributed by atoms with Crippen molar-refractivity contribution in [3.05, 3.63) is 60.7 Å². The van der Waals surface area contributed by atoms with Crippen LogP contribution in [0, 0.1) is 0 Å². The van der Waals surface area contributed by atoms with E-state index < -0.39 is 14.5 Å². The summed E-state index contributed by atoms with van der Waals surface area (Å²) in [5.41, 5.74) is 0. The van der Waals surface area contributed by atoms with Crippen LogP contribution in [0.25, 0.3) is 0 Å². The second kappa shape index (κ2) is 9.79. The maximum absolute atomic E-state index is 6.33. The van der Waals surface area contributed by atoms with Crippen molar-refractivity contribution in [2.75, 3.05) is 6.61 Å². The van der Waals surface area contributed by atoms with Gasteiger partial charge in [-0.2, -0.15) is 0 Å². The quantitative estimate of drug-likeness (QED) is 0.505. The van der Waals surface area contributed by atoms with E-state index in [9.17, 15) is 0 Å². The third kappa shape index (κ3) is 5.67. The lowest BCUT2D eigenvalue weighted by Gasteiger charge is -2.14. The van der Waals surface area contributed by atoms with Crippen LogP contribution in [-0.4, -0.2) is 21.1 Å². The molecule has 2 aromatic carbocycles. The van der Waals surface area contributed by atoms with Gasteiger partial charge in [0, 0.05) is 6.61 Å². The van der Waals surface area contributed by atoms with Gasteiger partial charge < -0.3 is 3.79 Å². The van der Waals surface area contributed by atoms with Gasteiger partial charge in [-0.1, -0.05) is 102 Å². The number of benzene rings is 2. The number of hydrogen-bond acceptors (Lipinski definition) is 1. The van der Waals surface area contributed by atoms with Crippen LogP contribution in [0.15, 0.2) is 60.7 Å². The van der Waals surface area contributed by atoms with Gasteiger partial charge in [0.05, 0.1) is 0 Å². The molecule has 2 rings (SSSR count). The van der Waals surface area contributed by atoms with E-state index in [2.05, 4.69) is 67.6 Å². The Kier molecular flexibility index (Phi) is 7.60. The highest BCUT2D eigenvalue weighted by atomic mass is 27.2. The van der Waals surface area contributed by atoms with E-state index in [1.807, 2.05) is 0 Å². The summed E-state index contributed by atoms with van der Waals surface area (Å²) in [6, 6.07) is 21.4. The summed E-state index contributed by atoms with van der Waals surface area (Å²) in [5.74, 6) is 0. The Bertz CT molecular complexity index is 444. The maximum Gasteiger partial charge on any atom is 0.544 e. The molecule has 0 N–H and O–H groups in total. The second-order valence-corrected chi connectivity index (χ2v) is 7.91. The van der Waals surface area contributed by atoms with Crippen molar-refractivity contribution in [3.63, 3.8) is 0 Å². The normalized spacial score (nSPS) is 10.5. The van der Waals surface area contributed by atoms with Gasteiger partial charge in [0.2, 0.25) is 0 Å². The van der Waals surface area contributed by atoms with Gasteiger partial charge >= 0.3 is 14.5 Å². The molecular formula is C19H25AlO. The van der Waals surface area contributed by atoms with Crippen LogP contribution in [0.4, 0.5) is 0 Å². The Labute approximate surface area is 133 Å². The fourth-order valence-electron chi connectivity index (χ4n) is 2.55. The van der Waals surface area contributed by atoms with Gasteiger partial charge in [0.25, 0.3) is 0 Å². The molecule has 0 unspecified atom stereocenters. The number of rotatable bonds is 9. The number of hydrogen-bond donors (Lipinski definition) is 0. The molecule has 0 radical (unpaired) electrons. The maximum atomic E-state index is 6.33. The molecule has 0 aliphatic rings. The van der Waals surface area contributed by atoms with Crippen molar-refractivity contribution in [2.45, 2.75) is 39.0 Å². The van der Waals surface area contributed by atoms with Crippen LogP contribution in [0.5, 0.6) is 0 Å². The van der Waals surface area contributed by atoms with Crippen molar-refractivity contribution in [2.24, 2.45) is 0 Å². The molecule has 0 bridgehead atoms. The fourth-order valence-corrected chi connectivity index (χ4v) is 4.86. The second-order valence-electron chi connectivity index (χ2n) is 5.49. The largest absolute Gasteiger partial charge is 0.544 e. The molecule has 2 aromatic rings. The molecule has 0 fully saturated rings. The van der Waals surface area contributed by atoms with Gasteiger partial charge in [-0.25, -0.2) is 0 Å². The molecule has 0 aliphatic carbocycles. The molecule has 0 saturated carbocycles. The lowest BCUT2D eigenvalue weighted by Crippen LogP contribution is -2.45. The van der Waals surface area contributed by atoms with Gasteiger partial charge in [0.1, 0.15) is 0 Å². The van der Waals surface area contributed by atoms with E-state index in [1.54, 1.807) is 0 Å². The Morgan fingerprint density at radius 3 is 1.76 bits per heavy atom. The molecule has 0 heterocycles. The lowest BCUT2D eigenvalue weighted by molar-refractivity contribution is 0.318. The van der Waals surface area contributed by atoms with Gasteiger partial charge in [-0.3, -0.25) is 0 Å². The molecule has 0 aliphatic heterocycles. The van der Waals surface area contributed by atoms with Crippen LogP contribution >= 0.6 is 0 Å². The van der Waals surface area contributed by atoms with Gasteiger partial charge in [0.15, 0.2) is 0 Å². The van der Waals surface area contributed by atoms with E-state index >= 15 is 0 Å². The molecule has 0 spiro atoms. The molecular weight excluding hydrogens is 271 g/mol. The molecule has 110 valence electrons. The molecule has 0 amide bonds. The third-order valence-corrected chi connectivity index (χ3v) is 6.29. The van der Waals surface area contributed by atoms with Crippen molar-refractivity contribution < 1.29 is 3.79 Å². The van der Waals surface area contributed by atoms with Crippen molar-refractivity contribution in [1.29, 1.82) is 0 Å². The molecule has 1 nitrogen and oxygen atoms in total. The zero-order valence-electron chi connectivity index (χ0n) is 13.0. The standard InChI is InChI=1S/C7H15O.2C6H5.Al/c1-2-3-4-5-6-7-8;2*1-2-4-6-5-3-1;/h2-7H2,1H3;2*1-5H;/q-1;;;+1. The monoisotopic (exact) mass is 296 g/mol. The highest BCUT2D eigenvalue weighted by molar-refractivity contribution is 6.80. The highest BCUT2D eigenvalue weighted by Crippen LogP contribution is 2.03. The highest BCUT2D eigenvalue weighted by Gasteiger charge is 2.25. The molecule has 0 atom stereocenters. The van der Waals surface area contributed by atoms with Crippen molar-refractivity contribution in [1.82, 2.24) is 0 Å². The minimum atomic E-state index is -1.51. The first-order valence-electron chi connectivity index (χ1n) is 8.13. The van der Waals surface area contributed by atoms with Crippen LogP contribution in [0.1, 0.15) is 39.0 Å². The van der Waals surface area contributed by atoms with E-state index in [-0.39, 0.29) is 0 Å². The smallest absolute Gasteiger partial charge is 0.494 e. The summed E-state index contributed by atoms with van der Waals surface area (Å²) in [4.78, 5) is 0. The van der Waals surface area contributed by atoms with Crippen molar-refractivity contribution in [3.8, 4) is 0 Å². The minimum absolute atomic E-state index is 0.893. The summed E-state index contributed by atoms with van der Waals surface area (Å²) >= 11 is -1.51. The predicted octanol–water partition coefficient (Wildman–Crippen LogP) is 3.78. The van der Waals surface area contributed by atoms with Crippen molar-refractivity contribution >= 4 is 23.3 Å². The zero-order valence-corrected chi connectivity index (χ0v) is 14.2. The molecule has 0 aromatic heterocycles. The fraction of sp³-hybridized carbons (Fsp3) is 0.368. The summed E-state index contributed by atoms with van der Waals surface area (Å²) in [6.07, 6.45) is 6.45. The Balaban J connectivity index is 1.94. The first-order chi connectivity index (χ1) is 10.4. The van der Waals surface area contributed by atoms with Crippen LogP contribution in [0.2, 0.25) is 0 Å². The van der Waals surface area contributed by atoms with Crippen LogP contribution < -0.4 is 8.85 Å². The Morgan fingerprint density at radius 1 is 0.714 bits per heavy atom. The van der Waals surface area contributed by atoms with E-state index in [1.165, 1.54) is 41.0 Å². The summed E-state index contributed by atoms with van der Waals surface area (Å²) in [6.45, 7) is 3.15. The van der Waals surface area contributed by atoms with Gasteiger partial charge in [-0.15, -0.1) is 0 Å². The number of unbranched alkanes of at least 4 members (excludes halogenated alkanes) is 4. The molecule has 21 heavy (non-hydrogen) atoms. The van der Waals surface area contributed by atoms with E-state index in [4.69, 9.17) is 3.79 Å². The molecule has 2 heteroatoms. The van der Waals surface area contributed by atoms with Gasteiger partial charge in [-0.05, 0) is 6.42 Å². The van der Waals surface area contributed by atoms with Crippen LogP contribution in [0.3, 0.4) is 0 Å². The first kappa shape index (κ1) is 16.3. The lowest BCUT2D eigenvalue weighted by atomic mass is 10.2. The third-order valence-electron chi connectivity index (χ3n) is 3.74. The summed E-state index contributed by atoms with van der Waals surface area (Å²) in [5, 5.41) is 0. The Hall–Kier alpha value is -1.07. The average molecular weight is 296 g/mol. The Morgan fingerprint density at radius 2 is 1.24 bits per heavy atom. The summed E-state index contributed by atoms with van der Waals surface area (Å²) in [7, 11) is 0. The molecule has 0 saturated heterocycles. The average Bonchev–Trinajstić information content (AvgIpc) is 2.56. The van der Waals surface area contributed by atoms with Crippen LogP contribution in [-0.2, 0) is 3.79 Å². The predicted molar refractivity (Wildman–Crippen MR) is 92.6 cm³/mol.